The van der Waals surface area contributed by atoms with Crippen LogP contribution in [0.3, 0.4) is 0 Å². The highest BCUT2D eigenvalue weighted by Crippen LogP contribution is 2.30. The summed E-state index contributed by atoms with van der Waals surface area (Å²) in [6.45, 7) is 8.03. The van der Waals surface area contributed by atoms with E-state index in [1.165, 1.54) is 37.6 Å². The molecule has 0 aromatic heterocycles. The van der Waals surface area contributed by atoms with Gasteiger partial charge in [-0.05, 0) is 56.2 Å². The summed E-state index contributed by atoms with van der Waals surface area (Å²) in [5.41, 5.74) is 3.37. The quantitative estimate of drug-likeness (QED) is 0.209. The molecule has 0 bridgehead atoms. The molecule has 0 radical (unpaired) electrons. The van der Waals surface area contributed by atoms with E-state index in [2.05, 4.69) is 38.7 Å². The monoisotopic (exact) mass is 374 g/mol. The lowest BCUT2D eigenvalue weighted by Crippen LogP contribution is -2.11. The minimum Gasteiger partial charge on any atom is -0.300 e. The van der Waals surface area contributed by atoms with Gasteiger partial charge in [-0.1, -0.05) is 62.8 Å². The summed E-state index contributed by atoms with van der Waals surface area (Å²) in [5.74, 6) is 0.441. The molecule has 26 heavy (non-hydrogen) atoms. The molecule has 0 aliphatic heterocycles. The number of allylic oxidation sites excluding steroid dienone is 1. The summed E-state index contributed by atoms with van der Waals surface area (Å²) in [6, 6.07) is 8.51. The number of aryl methyl sites for hydroxylation is 1. The Labute approximate surface area is 167 Å². The van der Waals surface area contributed by atoms with E-state index >= 15 is 0 Å². The highest BCUT2D eigenvalue weighted by molar-refractivity contribution is 6.29. The van der Waals surface area contributed by atoms with Crippen molar-refractivity contribution < 1.29 is 4.79 Å². The normalized spacial score (nSPS) is 11.5. The molecule has 0 saturated heterocycles. The fourth-order valence-electron chi connectivity index (χ4n) is 3.09. The maximum absolute atomic E-state index is 11.9. The molecule has 0 N–H and O–H groups in total. The van der Waals surface area contributed by atoms with Gasteiger partial charge in [0.25, 0.3) is 0 Å². The lowest BCUT2D eigenvalue weighted by atomic mass is 9.94. The van der Waals surface area contributed by atoms with Crippen molar-refractivity contribution in [3.63, 3.8) is 0 Å². The van der Waals surface area contributed by atoms with E-state index < -0.39 is 4.87 Å². The largest absolute Gasteiger partial charge is 0.300 e. The molecule has 0 amide bonds. The van der Waals surface area contributed by atoms with Crippen LogP contribution < -0.4 is 0 Å². The van der Waals surface area contributed by atoms with Crippen molar-refractivity contribution in [2.75, 3.05) is 0 Å². The predicted molar refractivity (Wildman–Crippen MR) is 119 cm³/mol. The highest BCUT2D eigenvalue weighted by atomic mass is 35.5. The van der Waals surface area contributed by atoms with Gasteiger partial charge >= 0.3 is 0 Å². The van der Waals surface area contributed by atoms with Gasteiger partial charge in [-0.3, -0.25) is 4.79 Å². The third-order valence-corrected chi connectivity index (χ3v) is 5.23. The van der Waals surface area contributed by atoms with Gasteiger partial charge in [0.2, 0.25) is 0 Å². The van der Waals surface area contributed by atoms with Crippen molar-refractivity contribution in [2.45, 2.75) is 89.3 Å². The van der Waals surface area contributed by atoms with Crippen LogP contribution in [-0.2, 0) is 11.2 Å². The summed E-state index contributed by atoms with van der Waals surface area (Å²) in [7, 11) is 2.23. The first kappa shape index (κ1) is 23.0. The highest BCUT2D eigenvalue weighted by Gasteiger charge is 2.18. The second-order valence-corrected chi connectivity index (χ2v) is 8.86. The van der Waals surface area contributed by atoms with Gasteiger partial charge in [0.05, 0.1) is 4.87 Å². The Bertz CT molecular complexity index is 542. The molecule has 1 nitrogen and oxygen atoms in total. The molecular weight excluding hydrogens is 339 g/mol. The van der Waals surface area contributed by atoms with Crippen LogP contribution in [0.5, 0.6) is 0 Å². The third kappa shape index (κ3) is 9.62. The van der Waals surface area contributed by atoms with E-state index in [1.54, 1.807) is 0 Å². The smallest absolute Gasteiger partial charge is 0.132 e. The van der Waals surface area contributed by atoms with Crippen LogP contribution in [0.25, 0.3) is 5.57 Å². The van der Waals surface area contributed by atoms with E-state index in [4.69, 9.17) is 11.6 Å². The molecule has 0 heterocycles. The predicted octanol–water partition coefficient (Wildman–Crippen LogP) is 6.39. The van der Waals surface area contributed by atoms with E-state index in [-0.39, 0.29) is 0 Å². The van der Waals surface area contributed by atoms with Crippen LogP contribution in [0.15, 0.2) is 30.8 Å². The minimum absolute atomic E-state index is 0.419. The van der Waals surface area contributed by atoms with Gasteiger partial charge in [0.15, 0.2) is 0 Å². The van der Waals surface area contributed by atoms with Gasteiger partial charge in [0.1, 0.15) is 13.6 Å². The molecule has 3 heteroatoms. The number of carbonyl (C=O) groups excluding carboxylic acids is 1. The van der Waals surface area contributed by atoms with Crippen LogP contribution in [0, 0.1) is 0 Å². The van der Waals surface area contributed by atoms with E-state index in [0.29, 0.717) is 5.78 Å². The Morgan fingerprint density at radius 3 is 2.08 bits per heavy atom. The Balaban J connectivity index is 2.17. The van der Waals surface area contributed by atoms with Gasteiger partial charge in [-0.2, -0.15) is 0 Å². The minimum atomic E-state index is -0.419. The molecule has 0 unspecified atom stereocenters. The molecule has 0 saturated carbocycles. The Morgan fingerprint density at radius 1 is 0.962 bits per heavy atom. The number of carbonyl (C=O) groups is 1. The van der Waals surface area contributed by atoms with Crippen molar-refractivity contribution >= 4 is 30.8 Å². The number of hydrogen-bond donors (Lipinski definition) is 0. The Morgan fingerprint density at radius 2 is 1.50 bits per heavy atom. The zero-order chi connectivity index (χ0) is 19.4. The number of ketones is 1. The lowest BCUT2D eigenvalue weighted by Gasteiger charge is -2.19. The molecule has 0 aliphatic rings. The summed E-state index contributed by atoms with van der Waals surface area (Å²) >= 11 is 6.33. The average molecular weight is 375 g/mol. The van der Waals surface area contributed by atoms with Crippen molar-refractivity contribution in [1.82, 2.24) is 0 Å². The van der Waals surface area contributed by atoms with Crippen molar-refractivity contribution in [1.29, 1.82) is 0 Å². The molecule has 0 fully saturated rings. The van der Waals surface area contributed by atoms with E-state index in [1.807, 2.05) is 13.8 Å². The molecular formula is C23H36BClO. The standard InChI is InChI=1S/C23H36BClO/c1-19(23(2,3)25)21-16-14-20(15-17-21)11-8-9-13-22(26)12-7-5-4-6-10-18-24/h14-17H,1,4-13,18,24H2,2-3H3. The molecule has 1 aromatic rings. The van der Waals surface area contributed by atoms with E-state index in [9.17, 15) is 4.79 Å². The van der Waals surface area contributed by atoms with Crippen molar-refractivity contribution in [2.24, 2.45) is 0 Å². The number of alkyl halides is 1. The maximum Gasteiger partial charge on any atom is 0.132 e. The summed E-state index contributed by atoms with van der Waals surface area (Å²) in [6.07, 6.45) is 12.1. The van der Waals surface area contributed by atoms with Crippen LogP contribution in [0.4, 0.5) is 0 Å². The number of hydrogen-bond acceptors (Lipinski definition) is 1. The molecule has 0 spiro atoms. The second kappa shape index (κ2) is 12.4. The van der Waals surface area contributed by atoms with Crippen LogP contribution in [0.1, 0.15) is 82.8 Å². The number of Topliss-reactive ketones (excluding diaryl/α,β-unsaturated/α-hetero) is 1. The third-order valence-electron chi connectivity index (χ3n) is 5.00. The van der Waals surface area contributed by atoms with Crippen LogP contribution >= 0.6 is 11.6 Å². The Kier molecular flexibility index (Phi) is 11.0. The Hall–Kier alpha value is -1.02. The van der Waals surface area contributed by atoms with Gasteiger partial charge in [0, 0.05) is 12.8 Å². The summed E-state index contributed by atoms with van der Waals surface area (Å²) in [4.78, 5) is 11.5. The fraction of sp³-hybridized carbons (Fsp3) is 0.609. The molecule has 0 atom stereocenters. The zero-order valence-corrected chi connectivity index (χ0v) is 17.8. The van der Waals surface area contributed by atoms with Gasteiger partial charge < -0.3 is 0 Å². The van der Waals surface area contributed by atoms with Crippen LogP contribution in [-0.4, -0.2) is 18.5 Å². The van der Waals surface area contributed by atoms with Crippen molar-refractivity contribution in [3.05, 3.63) is 42.0 Å². The number of halogens is 1. The maximum atomic E-state index is 11.9. The summed E-state index contributed by atoms with van der Waals surface area (Å²) < 4.78 is 0. The number of unbranched alkanes of at least 4 members (excludes halogenated alkanes) is 5. The van der Waals surface area contributed by atoms with E-state index in [0.717, 1.165) is 49.7 Å². The average Bonchev–Trinajstić information content (AvgIpc) is 2.61. The second-order valence-electron chi connectivity index (χ2n) is 7.91. The molecule has 1 aromatic carbocycles. The summed E-state index contributed by atoms with van der Waals surface area (Å²) in [5, 5.41) is 0. The topological polar surface area (TPSA) is 17.1 Å². The van der Waals surface area contributed by atoms with Crippen LogP contribution in [0.2, 0.25) is 6.32 Å². The molecule has 144 valence electrons. The number of rotatable bonds is 14. The van der Waals surface area contributed by atoms with Crippen molar-refractivity contribution in [3.8, 4) is 0 Å². The first-order valence-corrected chi connectivity index (χ1v) is 10.7. The SMILES string of the molecule is BCCCCCCCC(=O)CCCCc1ccc(C(=C)C(C)(C)Cl)cc1. The lowest BCUT2D eigenvalue weighted by molar-refractivity contribution is -0.119. The molecule has 0 aliphatic carbocycles. The zero-order valence-electron chi connectivity index (χ0n) is 17.1. The first-order chi connectivity index (χ1) is 12.3. The van der Waals surface area contributed by atoms with Gasteiger partial charge in [-0.15, -0.1) is 11.6 Å². The number of benzene rings is 1. The van der Waals surface area contributed by atoms with Gasteiger partial charge in [-0.25, -0.2) is 0 Å². The molecule has 1 rings (SSSR count). The fourth-order valence-corrected chi connectivity index (χ4v) is 3.20. The first-order valence-electron chi connectivity index (χ1n) is 10.3.